The molecular weight excluding hydrogens is 284 g/mol. The molecule has 6 heteroatoms. The topological polar surface area (TPSA) is 59.1 Å². The molecule has 0 bridgehead atoms. The second kappa shape index (κ2) is 7.15. The maximum atomic E-state index is 12.3. The van der Waals surface area contributed by atoms with Crippen LogP contribution in [0.5, 0.6) is 11.5 Å². The molecule has 0 radical (unpaired) electrons. The first-order valence-electron chi connectivity index (χ1n) is 7.29. The van der Waals surface area contributed by atoms with Crippen LogP contribution in [0.15, 0.2) is 18.2 Å². The highest BCUT2D eigenvalue weighted by Gasteiger charge is 2.22. The summed E-state index contributed by atoms with van der Waals surface area (Å²) in [4.78, 5) is 27.2. The number of rotatable bonds is 4. The number of methoxy groups -OCH3 is 2. The number of ether oxygens (including phenoxy) is 2. The Morgan fingerprint density at radius 3 is 2.14 bits per heavy atom. The smallest absolute Gasteiger partial charge is 0.227 e. The molecule has 1 aliphatic rings. The van der Waals surface area contributed by atoms with Gasteiger partial charge in [0, 0.05) is 33.1 Å². The van der Waals surface area contributed by atoms with Crippen molar-refractivity contribution >= 4 is 11.8 Å². The minimum Gasteiger partial charge on any atom is -0.493 e. The van der Waals surface area contributed by atoms with Gasteiger partial charge >= 0.3 is 0 Å². The minimum absolute atomic E-state index is 0.0620. The third-order valence-corrected chi connectivity index (χ3v) is 3.88. The minimum atomic E-state index is 0.0620. The van der Waals surface area contributed by atoms with Gasteiger partial charge in [0.2, 0.25) is 11.8 Å². The van der Waals surface area contributed by atoms with E-state index in [-0.39, 0.29) is 11.8 Å². The highest BCUT2D eigenvalue weighted by Crippen LogP contribution is 2.27. The summed E-state index contributed by atoms with van der Waals surface area (Å²) >= 11 is 0. The molecule has 2 amide bonds. The first-order valence-corrected chi connectivity index (χ1v) is 7.29. The van der Waals surface area contributed by atoms with Crippen molar-refractivity contribution in [2.24, 2.45) is 0 Å². The van der Waals surface area contributed by atoms with Crippen molar-refractivity contribution in [1.29, 1.82) is 0 Å². The summed E-state index contributed by atoms with van der Waals surface area (Å²) in [6.45, 7) is 3.94. The Kier molecular flexibility index (Phi) is 5.25. The van der Waals surface area contributed by atoms with Gasteiger partial charge in [-0.2, -0.15) is 0 Å². The van der Waals surface area contributed by atoms with E-state index in [0.29, 0.717) is 44.1 Å². The molecule has 1 saturated heterocycles. The van der Waals surface area contributed by atoms with E-state index in [2.05, 4.69) is 0 Å². The Balaban J connectivity index is 1.96. The predicted molar refractivity (Wildman–Crippen MR) is 82.1 cm³/mol. The van der Waals surface area contributed by atoms with Crippen LogP contribution in [0.25, 0.3) is 0 Å². The SMILES string of the molecule is COc1ccc(CC(=O)N2CCN(C(C)=O)CC2)cc1OC. The second-order valence-corrected chi connectivity index (χ2v) is 5.25. The van der Waals surface area contributed by atoms with Crippen molar-refractivity contribution in [3.63, 3.8) is 0 Å². The van der Waals surface area contributed by atoms with Gasteiger partial charge in [0.05, 0.1) is 20.6 Å². The Morgan fingerprint density at radius 2 is 1.59 bits per heavy atom. The number of benzene rings is 1. The zero-order chi connectivity index (χ0) is 16.1. The summed E-state index contributed by atoms with van der Waals surface area (Å²) in [7, 11) is 3.15. The van der Waals surface area contributed by atoms with Crippen molar-refractivity contribution in [2.45, 2.75) is 13.3 Å². The molecule has 1 heterocycles. The maximum absolute atomic E-state index is 12.3. The first-order chi connectivity index (χ1) is 10.5. The summed E-state index contributed by atoms with van der Waals surface area (Å²) in [5, 5.41) is 0. The molecule has 0 atom stereocenters. The Morgan fingerprint density at radius 1 is 1.00 bits per heavy atom. The van der Waals surface area contributed by atoms with E-state index in [0.717, 1.165) is 5.56 Å². The van der Waals surface area contributed by atoms with Gasteiger partial charge in [-0.1, -0.05) is 6.07 Å². The van der Waals surface area contributed by atoms with Crippen LogP contribution >= 0.6 is 0 Å². The zero-order valence-electron chi connectivity index (χ0n) is 13.3. The monoisotopic (exact) mass is 306 g/mol. The van der Waals surface area contributed by atoms with Crippen molar-refractivity contribution < 1.29 is 19.1 Å². The number of hydrogen-bond acceptors (Lipinski definition) is 4. The molecule has 0 N–H and O–H groups in total. The Hall–Kier alpha value is -2.24. The van der Waals surface area contributed by atoms with E-state index in [9.17, 15) is 9.59 Å². The fraction of sp³-hybridized carbons (Fsp3) is 0.500. The second-order valence-electron chi connectivity index (χ2n) is 5.25. The molecule has 6 nitrogen and oxygen atoms in total. The highest BCUT2D eigenvalue weighted by atomic mass is 16.5. The van der Waals surface area contributed by atoms with Crippen LogP contribution in [0.4, 0.5) is 0 Å². The molecule has 0 aromatic heterocycles. The van der Waals surface area contributed by atoms with E-state index in [1.807, 2.05) is 12.1 Å². The zero-order valence-corrected chi connectivity index (χ0v) is 13.3. The summed E-state index contributed by atoms with van der Waals surface area (Å²) in [6, 6.07) is 5.49. The standard InChI is InChI=1S/C16H22N2O4/c1-12(19)17-6-8-18(9-7-17)16(20)11-13-4-5-14(21-2)15(10-13)22-3/h4-5,10H,6-9,11H2,1-3H3. The Bertz CT molecular complexity index is 551. The summed E-state index contributed by atoms with van der Waals surface area (Å²) in [5.74, 6) is 1.39. The predicted octanol–water partition coefficient (Wildman–Crippen LogP) is 0.937. The lowest BCUT2D eigenvalue weighted by atomic mass is 10.1. The molecule has 120 valence electrons. The molecule has 0 saturated carbocycles. The van der Waals surface area contributed by atoms with E-state index in [4.69, 9.17) is 9.47 Å². The average molecular weight is 306 g/mol. The van der Waals surface area contributed by atoms with Gasteiger partial charge in [-0.05, 0) is 17.7 Å². The van der Waals surface area contributed by atoms with Gasteiger partial charge in [0.15, 0.2) is 11.5 Å². The van der Waals surface area contributed by atoms with Crippen LogP contribution < -0.4 is 9.47 Å². The first kappa shape index (κ1) is 16.1. The third kappa shape index (κ3) is 3.69. The molecule has 0 spiro atoms. The number of hydrogen-bond donors (Lipinski definition) is 0. The van der Waals surface area contributed by atoms with Crippen LogP contribution in [-0.2, 0) is 16.0 Å². The number of nitrogens with zero attached hydrogens (tertiary/aromatic N) is 2. The van der Waals surface area contributed by atoms with Crippen LogP contribution in [0, 0.1) is 0 Å². The largest absolute Gasteiger partial charge is 0.493 e. The van der Waals surface area contributed by atoms with Gasteiger partial charge in [0.1, 0.15) is 0 Å². The molecule has 2 rings (SSSR count). The molecule has 1 aromatic carbocycles. The third-order valence-electron chi connectivity index (χ3n) is 3.88. The normalized spacial score (nSPS) is 14.7. The molecule has 0 aliphatic carbocycles. The van der Waals surface area contributed by atoms with Crippen LogP contribution in [0.2, 0.25) is 0 Å². The summed E-state index contributed by atoms with van der Waals surface area (Å²) < 4.78 is 10.4. The maximum Gasteiger partial charge on any atom is 0.227 e. The highest BCUT2D eigenvalue weighted by molar-refractivity contribution is 5.79. The van der Waals surface area contributed by atoms with E-state index >= 15 is 0 Å². The Labute approximate surface area is 130 Å². The van der Waals surface area contributed by atoms with Gasteiger partial charge in [-0.15, -0.1) is 0 Å². The van der Waals surface area contributed by atoms with E-state index in [1.165, 1.54) is 0 Å². The quantitative estimate of drug-likeness (QED) is 0.830. The molecule has 1 aliphatic heterocycles. The van der Waals surface area contributed by atoms with E-state index < -0.39 is 0 Å². The van der Waals surface area contributed by atoms with Gasteiger partial charge in [-0.25, -0.2) is 0 Å². The van der Waals surface area contributed by atoms with Gasteiger partial charge in [-0.3, -0.25) is 9.59 Å². The molecule has 22 heavy (non-hydrogen) atoms. The van der Waals surface area contributed by atoms with Crippen molar-refractivity contribution in [3.8, 4) is 11.5 Å². The lowest BCUT2D eigenvalue weighted by Gasteiger charge is -2.34. The average Bonchev–Trinajstić information content (AvgIpc) is 2.54. The fourth-order valence-electron chi connectivity index (χ4n) is 2.55. The molecule has 1 fully saturated rings. The van der Waals surface area contributed by atoms with Crippen molar-refractivity contribution in [2.75, 3.05) is 40.4 Å². The van der Waals surface area contributed by atoms with Crippen LogP contribution in [0.3, 0.4) is 0 Å². The lowest BCUT2D eigenvalue weighted by Crippen LogP contribution is -2.50. The summed E-state index contributed by atoms with van der Waals surface area (Å²) in [6.07, 6.45) is 0.320. The molecule has 1 aromatic rings. The van der Waals surface area contributed by atoms with Crippen molar-refractivity contribution in [3.05, 3.63) is 23.8 Å². The lowest BCUT2D eigenvalue weighted by molar-refractivity contribution is -0.138. The van der Waals surface area contributed by atoms with Crippen LogP contribution in [0.1, 0.15) is 12.5 Å². The van der Waals surface area contributed by atoms with E-state index in [1.54, 1.807) is 37.0 Å². The number of amides is 2. The summed E-state index contributed by atoms with van der Waals surface area (Å²) in [5.41, 5.74) is 0.886. The van der Waals surface area contributed by atoms with Crippen molar-refractivity contribution in [1.82, 2.24) is 9.80 Å². The van der Waals surface area contributed by atoms with Crippen LogP contribution in [-0.4, -0.2) is 62.0 Å². The number of piperazine rings is 1. The number of carbonyl (C=O) groups excluding carboxylic acids is 2. The molecular formula is C16H22N2O4. The van der Waals surface area contributed by atoms with Gasteiger partial charge in [0.25, 0.3) is 0 Å². The fourth-order valence-corrected chi connectivity index (χ4v) is 2.55. The van der Waals surface area contributed by atoms with Gasteiger partial charge < -0.3 is 19.3 Å². The molecule has 0 unspecified atom stereocenters. The number of carbonyl (C=O) groups is 2.